The monoisotopic (exact) mass is 564 g/mol. The van der Waals surface area contributed by atoms with Gasteiger partial charge in [-0.1, -0.05) is 45.4 Å². The van der Waals surface area contributed by atoms with Gasteiger partial charge in [-0.05, 0) is 81.3 Å². The van der Waals surface area contributed by atoms with E-state index < -0.39 is 17.9 Å². The lowest BCUT2D eigenvalue weighted by molar-refractivity contribution is -0.274. The van der Waals surface area contributed by atoms with Gasteiger partial charge in [0.25, 0.3) is 0 Å². The van der Waals surface area contributed by atoms with Gasteiger partial charge < -0.3 is 9.47 Å². The van der Waals surface area contributed by atoms with Gasteiger partial charge in [0, 0.05) is 30.9 Å². The Labute approximate surface area is 231 Å². The van der Waals surface area contributed by atoms with E-state index in [0.717, 1.165) is 51.1 Å². The standard InChI is InChI=1S/C30H35F3O3S2/c1-7-8-9-10-21-11-14-24(25(15-21)35-30(31,32)33)27-16-22-12-13-23(17-26(22)38-27)37-20(4)18-29(5,6)36-28(34)19(2)3/h11-17,20H,2,7-10,18H2,1,3-6H3. The summed E-state index contributed by atoms with van der Waals surface area (Å²) in [6, 6.07) is 13.1. The summed E-state index contributed by atoms with van der Waals surface area (Å²) >= 11 is 3.11. The molecular weight excluding hydrogens is 529 g/mol. The maximum atomic E-state index is 13.2. The van der Waals surface area contributed by atoms with Crippen molar-refractivity contribution in [1.82, 2.24) is 0 Å². The molecule has 3 aromatic rings. The summed E-state index contributed by atoms with van der Waals surface area (Å²) in [4.78, 5) is 13.7. The molecule has 0 saturated carbocycles. The first-order chi connectivity index (χ1) is 17.8. The minimum Gasteiger partial charge on any atom is -0.456 e. The minimum absolute atomic E-state index is 0.159. The van der Waals surface area contributed by atoms with Crippen LogP contribution in [0, 0.1) is 0 Å². The lowest BCUT2D eigenvalue weighted by atomic mass is 10.0. The number of hydrogen-bond acceptors (Lipinski definition) is 5. The number of esters is 1. The Kier molecular flexibility index (Phi) is 9.98. The second-order valence-corrected chi connectivity index (χ2v) is 12.8. The largest absolute Gasteiger partial charge is 0.573 e. The normalized spacial score (nSPS) is 12.9. The topological polar surface area (TPSA) is 35.5 Å². The van der Waals surface area contributed by atoms with Crippen LogP contribution in [0.1, 0.15) is 65.9 Å². The van der Waals surface area contributed by atoms with Gasteiger partial charge in [-0.2, -0.15) is 0 Å². The number of carbonyl (C=O) groups excluding carboxylic acids is 1. The number of ether oxygens (including phenoxy) is 2. The second-order valence-electron chi connectivity index (χ2n) is 10.2. The van der Waals surface area contributed by atoms with Crippen LogP contribution in [0.15, 0.2) is 59.5 Å². The molecule has 38 heavy (non-hydrogen) atoms. The van der Waals surface area contributed by atoms with Crippen LogP contribution in [0.2, 0.25) is 0 Å². The predicted octanol–water partition coefficient (Wildman–Crippen LogP) is 9.97. The van der Waals surface area contributed by atoms with Crippen molar-refractivity contribution >= 4 is 39.2 Å². The van der Waals surface area contributed by atoms with Crippen molar-refractivity contribution in [2.45, 2.75) is 88.8 Å². The number of aryl methyl sites for hydroxylation is 1. The van der Waals surface area contributed by atoms with Crippen LogP contribution in [0.25, 0.3) is 20.5 Å². The van der Waals surface area contributed by atoms with Gasteiger partial charge in [-0.3, -0.25) is 0 Å². The Morgan fingerprint density at radius 2 is 1.84 bits per heavy atom. The number of unbranched alkanes of at least 4 members (excludes halogenated alkanes) is 2. The van der Waals surface area contributed by atoms with Crippen molar-refractivity contribution in [1.29, 1.82) is 0 Å². The number of benzene rings is 2. The molecule has 0 spiro atoms. The number of fused-ring (bicyclic) bond motifs is 1. The molecule has 1 unspecified atom stereocenters. The molecule has 0 aliphatic rings. The van der Waals surface area contributed by atoms with Crippen molar-refractivity contribution in [2.24, 2.45) is 0 Å². The number of thiophene rings is 1. The van der Waals surface area contributed by atoms with E-state index in [4.69, 9.17) is 4.74 Å². The predicted molar refractivity (Wildman–Crippen MR) is 152 cm³/mol. The van der Waals surface area contributed by atoms with Crippen LogP contribution in [0.4, 0.5) is 13.2 Å². The van der Waals surface area contributed by atoms with E-state index in [1.807, 2.05) is 38.1 Å². The molecule has 1 atom stereocenters. The van der Waals surface area contributed by atoms with Crippen LogP contribution in [0.5, 0.6) is 5.75 Å². The summed E-state index contributed by atoms with van der Waals surface area (Å²) in [5, 5.41) is 1.12. The average molecular weight is 565 g/mol. The molecule has 1 heterocycles. The van der Waals surface area contributed by atoms with E-state index >= 15 is 0 Å². The molecule has 3 rings (SSSR count). The first-order valence-electron chi connectivity index (χ1n) is 12.7. The molecular formula is C30H35F3O3S2. The van der Waals surface area contributed by atoms with Crippen LogP contribution in [0.3, 0.4) is 0 Å². The van der Waals surface area contributed by atoms with Gasteiger partial charge in [0.15, 0.2) is 0 Å². The van der Waals surface area contributed by atoms with Gasteiger partial charge in [-0.25, -0.2) is 4.79 Å². The highest BCUT2D eigenvalue weighted by Crippen LogP contribution is 2.42. The zero-order chi connectivity index (χ0) is 28.1. The Hall–Kier alpha value is -2.45. The molecule has 0 fully saturated rings. The van der Waals surface area contributed by atoms with E-state index in [9.17, 15) is 18.0 Å². The van der Waals surface area contributed by atoms with E-state index in [1.165, 1.54) is 17.4 Å². The van der Waals surface area contributed by atoms with Gasteiger partial charge in [0.05, 0.1) is 0 Å². The molecule has 0 aliphatic carbocycles. The smallest absolute Gasteiger partial charge is 0.456 e. The molecule has 0 N–H and O–H groups in total. The number of alkyl halides is 3. The Morgan fingerprint density at radius 1 is 1.11 bits per heavy atom. The highest BCUT2D eigenvalue weighted by Gasteiger charge is 2.32. The molecule has 3 nitrogen and oxygen atoms in total. The summed E-state index contributed by atoms with van der Waals surface area (Å²) in [6.45, 7) is 13.2. The minimum atomic E-state index is -4.76. The van der Waals surface area contributed by atoms with Gasteiger partial charge in [-0.15, -0.1) is 36.3 Å². The van der Waals surface area contributed by atoms with E-state index in [1.54, 1.807) is 24.8 Å². The fourth-order valence-electron chi connectivity index (χ4n) is 4.28. The van der Waals surface area contributed by atoms with Crippen LogP contribution in [-0.2, 0) is 16.0 Å². The van der Waals surface area contributed by atoms with Gasteiger partial charge >= 0.3 is 12.3 Å². The van der Waals surface area contributed by atoms with Crippen molar-refractivity contribution in [3.8, 4) is 16.2 Å². The summed E-state index contributed by atoms with van der Waals surface area (Å²) in [5.74, 6) is -0.560. The lowest BCUT2D eigenvalue weighted by Gasteiger charge is -2.28. The van der Waals surface area contributed by atoms with Gasteiger partial charge in [0.1, 0.15) is 11.4 Å². The SMILES string of the molecule is C=C(C)C(=O)OC(C)(C)CC(C)Sc1ccc2cc(-c3ccc(CCCCC)cc3OC(F)(F)F)sc2c1. The Bertz CT molecular complexity index is 1280. The Balaban J connectivity index is 1.81. The molecule has 0 aliphatic heterocycles. The van der Waals surface area contributed by atoms with Crippen LogP contribution >= 0.6 is 23.1 Å². The Morgan fingerprint density at radius 3 is 2.50 bits per heavy atom. The molecule has 8 heteroatoms. The number of carbonyl (C=O) groups is 1. The maximum Gasteiger partial charge on any atom is 0.573 e. The summed E-state index contributed by atoms with van der Waals surface area (Å²) in [7, 11) is 0. The number of thioether (sulfide) groups is 1. The molecule has 0 amide bonds. The van der Waals surface area contributed by atoms with Crippen molar-refractivity contribution in [2.75, 3.05) is 0 Å². The van der Waals surface area contributed by atoms with Crippen molar-refractivity contribution in [3.05, 3.63) is 60.2 Å². The second kappa shape index (κ2) is 12.6. The summed E-state index contributed by atoms with van der Waals surface area (Å²) in [5.41, 5.74) is 1.01. The zero-order valence-electron chi connectivity index (χ0n) is 22.5. The molecule has 0 radical (unpaired) electrons. The fourth-order valence-corrected chi connectivity index (χ4v) is 6.77. The highest BCUT2D eigenvalue weighted by molar-refractivity contribution is 8.00. The number of rotatable bonds is 12. The molecule has 0 saturated heterocycles. The van der Waals surface area contributed by atoms with Crippen LogP contribution in [-0.4, -0.2) is 23.2 Å². The number of halogens is 3. The lowest BCUT2D eigenvalue weighted by Crippen LogP contribution is -2.31. The van der Waals surface area contributed by atoms with Crippen molar-refractivity contribution in [3.63, 3.8) is 0 Å². The quantitative estimate of drug-likeness (QED) is 0.0949. The van der Waals surface area contributed by atoms with Crippen molar-refractivity contribution < 1.29 is 27.4 Å². The first-order valence-corrected chi connectivity index (χ1v) is 14.4. The average Bonchev–Trinajstić information content (AvgIpc) is 3.20. The van der Waals surface area contributed by atoms with E-state index in [2.05, 4.69) is 31.2 Å². The third-order valence-corrected chi connectivity index (χ3v) is 8.16. The summed E-state index contributed by atoms with van der Waals surface area (Å²) in [6.07, 6.45) is -0.394. The molecule has 0 bridgehead atoms. The zero-order valence-corrected chi connectivity index (χ0v) is 24.2. The third kappa shape index (κ3) is 8.80. The maximum absolute atomic E-state index is 13.2. The summed E-state index contributed by atoms with van der Waals surface area (Å²) < 4.78 is 50.7. The van der Waals surface area contributed by atoms with E-state index in [0.29, 0.717) is 17.6 Å². The fraction of sp³-hybridized carbons (Fsp3) is 0.433. The first kappa shape index (κ1) is 30.1. The highest BCUT2D eigenvalue weighted by atomic mass is 32.2. The van der Waals surface area contributed by atoms with Crippen LogP contribution < -0.4 is 4.74 Å². The molecule has 206 valence electrons. The van der Waals surface area contributed by atoms with E-state index in [-0.39, 0.29) is 11.0 Å². The molecule has 1 aromatic heterocycles. The number of hydrogen-bond donors (Lipinski definition) is 0. The molecule has 2 aromatic carbocycles. The third-order valence-electron chi connectivity index (χ3n) is 5.93. The van der Waals surface area contributed by atoms with Gasteiger partial charge in [0.2, 0.25) is 0 Å².